The highest BCUT2D eigenvalue weighted by molar-refractivity contribution is 6.33. The van der Waals surface area contributed by atoms with Crippen LogP contribution in [0.25, 0.3) is 11.1 Å². The Labute approximate surface area is 241 Å². The molecule has 0 bridgehead atoms. The SMILES string of the molecule is CNC(=O)C1c2cc(-c3cc(C(=O)NC4(c5ccccn5)CC4)c(OC)cc3Cl)ccc2OC1c1ccc(F)cc1. The molecule has 2 heterocycles. The van der Waals surface area contributed by atoms with E-state index in [1.54, 1.807) is 43.6 Å². The molecule has 2 aliphatic rings. The van der Waals surface area contributed by atoms with E-state index in [9.17, 15) is 14.0 Å². The van der Waals surface area contributed by atoms with Crippen LogP contribution in [0, 0.1) is 5.82 Å². The molecule has 2 unspecified atom stereocenters. The molecule has 1 aromatic heterocycles. The molecule has 0 spiro atoms. The average molecular weight is 572 g/mol. The summed E-state index contributed by atoms with van der Waals surface area (Å²) in [5.74, 6) is -0.687. The number of nitrogens with one attached hydrogen (secondary N) is 2. The summed E-state index contributed by atoms with van der Waals surface area (Å²) in [6.45, 7) is 0. The predicted molar refractivity (Wildman–Crippen MR) is 153 cm³/mol. The highest BCUT2D eigenvalue weighted by atomic mass is 35.5. The van der Waals surface area contributed by atoms with Crippen LogP contribution in [0.2, 0.25) is 5.02 Å². The zero-order valence-electron chi connectivity index (χ0n) is 22.4. The molecule has 1 aliphatic carbocycles. The number of aromatic nitrogens is 1. The number of carbonyl (C=O) groups excluding carboxylic acids is 2. The monoisotopic (exact) mass is 571 g/mol. The molecule has 0 saturated heterocycles. The number of pyridine rings is 1. The van der Waals surface area contributed by atoms with Gasteiger partial charge in [-0.15, -0.1) is 0 Å². The maximum absolute atomic E-state index is 13.6. The zero-order valence-corrected chi connectivity index (χ0v) is 23.2. The first kappa shape index (κ1) is 26.8. The number of nitrogens with zero attached hydrogens (tertiary/aromatic N) is 1. The van der Waals surface area contributed by atoms with Gasteiger partial charge in [0.1, 0.15) is 29.3 Å². The maximum Gasteiger partial charge on any atom is 0.255 e. The Morgan fingerprint density at radius 3 is 2.51 bits per heavy atom. The van der Waals surface area contributed by atoms with Crippen LogP contribution in [0.1, 0.15) is 52.0 Å². The molecule has 7 nitrogen and oxygen atoms in total. The molecular formula is C32H27ClFN3O4. The van der Waals surface area contributed by atoms with Gasteiger partial charge in [-0.05, 0) is 66.4 Å². The fraction of sp³-hybridized carbons (Fsp3) is 0.219. The van der Waals surface area contributed by atoms with Gasteiger partial charge in [-0.25, -0.2) is 4.39 Å². The van der Waals surface area contributed by atoms with Crippen LogP contribution in [0.5, 0.6) is 11.5 Å². The van der Waals surface area contributed by atoms with Crippen LogP contribution in [0.3, 0.4) is 0 Å². The number of methoxy groups -OCH3 is 1. The Hall–Kier alpha value is -4.43. The van der Waals surface area contributed by atoms with Crippen LogP contribution in [0.4, 0.5) is 4.39 Å². The summed E-state index contributed by atoms with van der Waals surface area (Å²) in [5.41, 5.74) is 3.29. The first-order valence-corrected chi connectivity index (χ1v) is 13.6. The van der Waals surface area contributed by atoms with Crippen molar-refractivity contribution >= 4 is 23.4 Å². The molecule has 9 heteroatoms. The van der Waals surface area contributed by atoms with Crippen LogP contribution in [-0.2, 0) is 10.3 Å². The predicted octanol–water partition coefficient (Wildman–Crippen LogP) is 5.93. The minimum atomic E-state index is -0.673. The Balaban J connectivity index is 1.36. The molecular weight excluding hydrogens is 545 g/mol. The number of hydrogen-bond donors (Lipinski definition) is 2. The van der Waals surface area contributed by atoms with Crippen molar-refractivity contribution in [2.24, 2.45) is 0 Å². The topological polar surface area (TPSA) is 89.6 Å². The number of likely N-dealkylation sites (N-methyl/N-ethyl adjacent to an activating group) is 1. The lowest BCUT2D eigenvalue weighted by Gasteiger charge is -2.19. The van der Waals surface area contributed by atoms with Gasteiger partial charge >= 0.3 is 0 Å². The highest BCUT2D eigenvalue weighted by Gasteiger charge is 2.47. The minimum absolute atomic E-state index is 0.236. The second-order valence-electron chi connectivity index (χ2n) is 10.2. The Kier molecular flexibility index (Phi) is 6.87. The lowest BCUT2D eigenvalue weighted by Crippen LogP contribution is -2.35. The molecule has 2 N–H and O–H groups in total. The van der Waals surface area contributed by atoms with Crippen LogP contribution in [-0.4, -0.2) is 31.0 Å². The number of carbonyl (C=O) groups is 2. The summed E-state index contributed by atoms with van der Waals surface area (Å²) in [7, 11) is 3.05. The molecule has 2 amide bonds. The van der Waals surface area contributed by atoms with Crippen LogP contribution < -0.4 is 20.1 Å². The molecule has 41 heavy (non-hydrogen) atoms. The molecule has 208 valence electrons. The highest BCUT2D eigenvalue weighted by Crippen LogP contribution is 2.49. The first-order chi connectivity index (χ1) is 19.8. The van der Waals surface area contributed by atoms with Gasteiger partial charge in [0.25, 0.3) is 5.91 Å². The number of fused-ring (bicyclic) bond motifs is 1. The third-order valence-electron chi connectivity index (χ3n) is 7.73. The van der Waals surface area contributed by atoms with E-state index in [2.05, 4.69) is 15.6 Å². The van der Waals surface area contributed by atoms with Crippen molar-refractivity contribution in [2.75, 3.05) is 14.2 Å². The van der Waals surface area contributed by atoms with Gasteiger partial charge in [0.2, 0.25) is 5.91 Å². The summed E-state index contributed by atoms with van der Waals surface area (Å²) < 4.78 is 25.3. The quantitative estimate of drug-likeness (QED) is 0.287. The van der Waals surface area contributed by atoms with Gasteiger partial charge in [-0.1, -0.05) is 35.9 Å². The average Bonchev–Trinajstić information content (AvgIpc) is 3.68. The van der Waals surface area contributed by atoms with E-state index in [1.807, 2.05) is 30.3 Å². The van der Waals surface area contributed by atoms with Crippen LogP contribution >= 0.6 is 11.6 Å². The summed E-state index contributed by atoms with van der Waals surface area (Å²) in [6.07, 6.45) is 2.67. The standard InChI is InChI=1S/C32H27ClFN3O4/c1-35-31(39)28-22-15-19(8-11-25(22)41-29(28)18-6-9-20(34)10-7-18)21-16-23(26(40-2)17-24(21)33)30(38)37-32(12-13-32)27-5-3-4-14-36-27/h3-11,14-17,28-29H,12-13H2,1-2H3,(H,35,39)(H,37,38). The van der Waals surface area contributed by atoms with E-state index in [0.29, 0.717) is 44.3 Å². The molecule has 2 atom stereocenters. The minimum Gasteiger partial charge on any atom is -0.496 e. The number of halogens is 2. The van der Waals surface area contributed by atoms with Gasteiger partial charge in [0.15, 0.2) is 0 Å². The molecule has 1 saturated carbocycles. The van der Waals surface area contributed by atoms with Crippen molar-refractivity contribution in [3.8, 4) is 22.6 Å². The van der Waals surface area contributed by atoms with Gasteiger partial charge in [0, 0.05) is 30.4 Å². The van der Waals surface area contributed by atoms with Crippen molar-refractivity contribution in [3.63, 3.8) is 0 Å². The van der Waals surface area contributed by atoms with E-state index < -0.39 is 17.6 Å². The van der Waals surface area contributed by atoms with E-state index in [1.165, 1.54) is 19.2 Å². The molecule has 0 radical (unpaired) electrons. The number of benzene rings is 3. The number of rotatable bonds is 7. The van der Waals surface area contributed by atoms with Gasteiger partial charge in [-0.2, -0.15) is 0 Å². The normalized spacial score (nSPS) is 18.1. The summed E-state index contributed by atoms with van der Waals surface area (Å²) >= 11 is 6.71. The Morgan fingerprint density at radius 1 is 1.07 bits per heavy atom. The third kappa shape index (κ3) is 4.89. The number of amides is 2. The fourth-order valence-corrected chi connectivity index (χ4v) is 5.67. The van der Waals surface area contributed by atoms with E-state index in [-0.39, 0.29) is 17.6 Å². The second-order valence-corrected chi connectivity index (χ2v) is 10.6. The summed E-state index contributed by atoms with van der Waals surface area (Å²) in [5, 5.41) is 6.25. The zero-order chi connectivity index (χ0) is 28.7. The number of ether oxygens (including phenoxy) is 2. The van der Waals surface area contributed by atoms with E-state index in [0.717, 1.165) is 18.5 Å². The second kappa shape index (κ2) is 10.5. The Morgan fingerprint density at radius 2 is 1.85 bits per heavy atom. The number of hydrogen-bond acceptors (Lipinski definition) is 5. The van der Waals surface area contributed by atoms with Crippen molar-refractivity contribution in [1.82, 2.24) is 15.6 Å². The lowest BCUT2D eigenvalue weighted by atomic mass is 9.88. The smallest absolute Gasteiger partial charge is 0.255 e. The van der Waals surface area contributed by atoms with Crippen molar-refractivity contribution in [1.29, 1.82) is 0 Å². The van der Waals surface area contributed by atoms with Gasteiger partial charge in [0.05, 0.1) is 28.9 Å². The summed E-state index contributed by atoms with van der Waals surface area (Å²) in [6, 6.07) is 20.4. The van der Waals surface area contributed by atoms with Crippen molar-refractivity contribution < 1.29 is 23.5 Å². The van der Waals surface area contributed by atoms with Crippen molar-refractivity contribution in [2.45, 2.75) is 30.4 Å². The molecule has 3 aromatic carbocycles. The largest absolute Gasteiger partial charge is 0.496 e. The lowest BCUT2D eigenvalue weighted by molar-refractivity contribution is -0.123. The van der Waals surface area contributed by atoms with Gasteiger partial charge in [-0.3, -0.25) is 14.6 Å². The van der Waals surface area contributed by atoms with Crippen LogP contribution in [0.15, 0.2) is 79.0 Å². The molecule has 4 aromatic rings. The van der Waals surface area contributed by atoms with Gasteiger partial charge < -0.3 is 20.1 Å². The molecule has 1 fully saturated rings. The van der Waals surface area contributed by atoms with E-state index in [4.69, 9.17) is 21.1 Å². The molecule has 6 rings (SSSR count). The Bertz CT molecular complexity index is 1640. The van der Waals surface area contributed by atoms with E-state index >= 15 is 0 Å². The first-order valence-electron chi connectivity index (χ1n) is 13.2. The molecule has 1 aliphatic heterocycles. The third-order valence-corrected chi connectivity index (χ3v) is 8.04. The van der Waals surface area contributed by atoms with Crippen molar-refractivity contribution in [3.05, 3.63) is 112 Å². The maximum atomic E-state index is 13.6. The summed E-state index contributed by atoms with van der Waals surface area (Å²) in [4.78, 5) is 31.1. The fourth-order valence-electron chi connectivity index (χ4n) is 5.40.